The van der Waals surface area contributed by atoms with E-state index in [1.165, 1.54) is 11.9 Å². The van der Waals surface area contributed by atoms with E-state index in [9.17, 15) is 4.79 Å². The number of carbonyl (C=O) groups is 1. The molecule has 21 heavy (non-hydrogen) atoms. The predicted molar refractivity (Wildman–Crippen MR) is 82.1 cm³/mol. The van der Waals surface area contributed by atoms with Gasteiger partial charge in [0.2, 0.25) is 0 Å². The minimum Gasteiger partial charge on any atom is -0.339 e. The van der Waals surface area contributed by atoms with E-state index in [-0.39, 0.29) is 6.03 Å². The molecule has 1 aliphatic heterocycles. The van der Waals surface area contributed by atoms with Gasteiger partial charge in [0.05, 0.1) is 5.39 Å². The van der Waals surface area contributed by atoms with Crippen LogP contribution >= 0.6 is 11.6 Å². The van der Waals surface area contributed by atoms with Gasteiger partial charge in [-0.1, -0.05) is 17.7 Å². The lowest BCUT2D eigenvalue weighted by Crippen LogP contribution is -2.41. The third kappa shape index (κ3) is 2.58. The van der Waals surface area contributed by atoms with Crippen LogP contribution in [0.5, 0.6) is 0 Å². The van der Waals surface area contributed by atoms with Crippen molar-refractivity contribution in [2.45, 2.75) is 6.42 Å². The van der Waals surface area contributed by atoms with Crippen molar-refractivity contribution in [3.63, 3.8) is 0 Å². The number of nitrogens with zero attached hydrogens (tertiary/aromatic N) is 4. The van der Waals surface area contributed by atoms with Crippen LogP contribution in [-0.4, -0.2) is 58.0 Å². The Morgan fingerprint density at radius 3 is 2.86 bits per heavy atom. The first-order valence-electron chi connectivity index (χ1n) is 6.71. The number of carbonyl (C=O) groups excluding carboxylic acids is 1. The lowest BCUT2D eigenvalue weighted by Gasteiger charge is -2.28. The minimum absolute atomic E-state index is 0.0378. The molecule has 2 aromatic rings. The van der Waals surface area contributed by atoms with Gasteiger partial charge in [0, 0.05) is 32.9 Å². The molecule has 0 saturated heterocycles. The summed E-state index contributed by atoms with van der Waals surface area (Å²) in [6.45, 7) is 1.32. The number of hydrogen-bond donors (Lipinski definition) is 1. The first-order chi connectivity index (χ1) is 10.1. The van der Waals surface area contributed by atoms with E-state index in [4.69, 9.17) is 11.6 Å². The number of aromatic nitrogens is 3. The van der Waals surface area contributed by atoms with Crippen LogP contribution in [0.3, 0.4) is 0 Å². The highest BCUT2D eigenvalue weighted by Gasteiger charge is 2.20. The SMILES string of the molecule is CN(C)C(=O)N1CC=C(c2cc3c(Cl)ncnc3[nH]2)CC1. The van der Waals surface area contributed by atoms with Crippen LogP contribution in [-0.2, 0) is 0 Å². The summed E-state index contributed by atoms with van der Waals surface area (Å²) in [6, 6.07) is 2.00. The van der Waals surface area contributed by atoms with Crippen molar-refractivity contribution < 1.29 is 4.79 Å². The molecule has 7 heteroatoms. The van der Waals surface area contributed by atoms with Crippen molar-refractivity contribution in [1.29, 1.82) is 0 Å². The van der Waals surface area contributed by atoms with Crippen molar-refractivity contribution >= 4 is 34.2 Å². The number of fused-ring (bicyclic) bond motifs is 1. The van der Waals surface area contributed by atoms with Crippen LogP contribution in [0.2, 0.25) is 5.15 Å². The van der Waals surface area contributed by atoms with Crippen LogP contribution in [0.1, 0.15) is 12.1 Å². The van der Waals surface area contributed by atoms with Gasteiger partial charge < -0.3 is 14.8 Å². The van der Waals surface area contributed by atoms with Crippen molar-refractivity contribution in [3.8, 4) is 0 Å². The van der Waals surface area contributed by atoms with E-state index in [2.05, 4.69) is 21.0 Å². The third-order valence-corrected chi connectivity index (χ3v) is 3.89. The molecule has 0 aliphatic carbocycles. The lowest BCUT2D eigenvalue weighted by molar-refractivity contribution is 0.176. The van der Waals surface area contributed by atoms with Crippen molar-refractivity contribution in [2.75, 3.05) is 27.2 Å². The molecule has 0 unspecified atom stereocenters. The zero-order valence-corrected chi connectivity index (χ0v) is 12.7. The Morgan fingerprint density at radius 2 is 2.24 bits per heavy atom. The normalized spacial score (nSPS) is 15.2. The lowest BCUT2D eigenvalue weighted by atomic mass is 10.1. The largest absolute Gasteiger partial charge is 0.339 e. The standard InChI is InChI=1S/C14H16ClN5O/c1-19(2)14(21)20-5-3-9(4-6-20)11-7-10-12(15)16-8-17-13(10)18-11/h3,7-8H,4-6H2,1-2H3,(H,16,17,18). The number of nitrogens with one attached hydrogen (secondary N) is 1. The first kappa shape index (κ1) is 13.9. The van der Waals surface area contributed by atoms with E-state index in [0.29, 0.717) is 18.2 Å². The Labute approximate surface area is 127 Å². The highest BCUT2D eigenvalue weighted by molar-refractivity contribution is 6.34. The molecule has 0 fully saturated rings. The average molecular weight is 306 g/mol. The quantitative estimate of drug-likeness (QED) is 0.823. The molecule has 110 valence electrons. The molecule has 1 N–H and O–H groups in total. The molecule has 3 heterocycles. The summed E-state index contributed by atoms with van der Waals surface area (Å²) in [7, 11) is 3.53. The molecular weight excluding hydrogens is 290 g/mol. The summed E-state index contributed by atoms with van der Waals surface area (Å²) in [4.78, 5) is 26.7. The van der Waals surface area contributed by atoms with E-state index in [1.807, 2.05) is 11.0 Å². The van der Waals surface area contributed by atoms with E-state index >= 15 is 0 Å². The molecule has 0 aromatic carbocycles. The predicted octanol–water partition coefficient (Wildman–Crippen LogP) is 2.38. The maximum atomic E-state index is 11.9. The smallest absolute Gasteiger partial charge is 0.319 e. The van der Waals surface area contributed by atoms with Gasteiger partial charge >= 0.3 is 6.03 Å². The maximum Gasteiger partial charge on any atom is 0.319 e. The van der Waals surface area contributed by atoms with E-state index < -0.39 is 0 Å². The molecule has 0 atom stereocenters. The monoisotopic (exact) mass is 305 g/mol. The third-order valence-electron chi connectivity index (χ3n) is 3.59. The number of hydrogen-bond acceptors (Lipinski definition) is 3. The summed E-state index contributed by atoms with van der Waals surface area (Å²) < 4.78 is 0. The summed E-state index contributed by atoms with van der Waals surface area (Å²) >= 11 is 6.06. The van der Waals surface area contributed by atoms with Gasteiger partial charge in [-0.3, -0.25) is 0 Å². The molecular formula is C14H16ClN5O. The van der Waals surface area contributed by atoms with Crippen LogP contribution in [0.4, 0.5) is 4.79 Å². The molecule has 2 amide bonds. The second kappa shape index (κ2) is 5.37. The molecule has 0 radical (unpaired) electrons. The molecule has 0 saturated carbocycles. The van der Waals surface area contributed by atoms with Crippen LogP contribution < -0.4 is 0 Å². The summed E-state index contributed by atoms with van der Waals surface area (Å²) in [5.74, 6) is 0. The highest BCUT2D eigenvalue weighted by atomic mass is 35.5. The fourth-order valence-corrected chi connectivity index (χ4v) is 2.64. The van der Waals surface area contributed by atoms with Crippen LogP contribution in [0, 0.1) is 0 Å². The molecule has 6 nitrogen and oxygen atoms in total. The summed E-state index contributed by atoms with van der Waals surface area (Å²) in [5.41, 5.74) is 2.90. The van der Waals surface area contributed by atoms with Crippen molar-refractivity contribution in [3.05, 3.63) is 29.3 Å². The van der Waals surface area contributed by atoms with Crippen LogP contribution in [0.15, 0.2) is 18.5 Å². The fourth-order valence-electron chi connectivity index (χ4n) is 2.45. The Bertz CT molecular complexity index is 721. The van der Waals surface area contributed by atoms with Gasteiger partial charge in [0.1, 0.15) is 17.1 Å². The summed E-state index contributed by atoms with van der Waals surface area (Å²) in [5, 5.41) is 1.27. The molecule has 1 aliphatic rings. The number of aromatic amines is 1. The Morgan fingerprint density at radius 1 is 1.43 bits per heavy atom. The number of urea groups is 1. The molecule has 3 rings (SSSR count). The zero-order valence-electron chi connectivity index (χ0n) is 11.9. The number of H-pyrrole nitrogens is 1. The minimum atomic E-state index is 0.0378. The van der Waals surface area contributed by atoms with Gasteiger partial charge in [-0.05, 0) is 18.1 Å². The number of halogens is 1. The Kier molecular flexibility index (Phi) is 3.55. The first-order valence-corrected chi connectivity index (χ1v) is 7.09. The van der Waals surface area contributed by atoms with Gasteiger partial charge in [-0.25, -0.2) is 14.8 Å². The molecule has 2 aromatic heterocycles. The fraction of sp³-hybridized carbons (Fsp3) is 0.357. The highest BCUT2D eigenvalue weighted by Crippen LogP contribution is 2.27. The Hall–Kier alpha value is -2.08. The topological polar surface area (TPSA) is 65.1 Å². The molecule has 0 bridgehead atoms. The van der Waals surface area contributed by atoms with Crippen LogP contribution in [0.25, 0.3) is 16.6 Å². The maximum absolute atomic E-state index is 11.9. The van der Waals surface area contributed by atoms with E-state index in [0.717, 1.165) is 23.1 Å². The second-order valence-corrected chi connectivity index (χ2v) is 5.57. The number of rotatable bonds is 1. The number of amides is 2. The summed E-state index contributed by atoms with van der Waals surface area (Å²) in [6.07, 6.45) is 4.31. The second-order valence-electron chi connectivity index (χ2n) is 5.21. The van der Waals surface area contributed by atoms with Gasteiger partial charge in [-0.15, -0.1) is 0 Å². The Balaban J connectivity index is 1.84. The van der Waals surface area contributed by atoms with Crippen molar-refractivity contribution in [2.24, 2.45) is 0 Å². The molecule has 0 spiro atoms. The van der Waals surface area contributed by atoms with Gasteiger partial charge in [0.25, 0.3) is 0 Å². The van der Waals surface area contributed by atoms with Gasteiger partial charge in [0.15, 0.2) is 0 Å². The van der Waals surface area contributed by atoms with Crippen molar-refractivity contribution in [1.82, 2.24) is 24.8 Å². The van der Waals surface area contributed by atoms with E-state index in [1.54, 1.807) is 19.0 Å². The van der Waals surface area contributed by atoms with Gasteiger partial charge in [-0.2, -0.15) is 0 Å². The average Bonchev–Trinajstić information content (AvgIpc) is 2.92. The zero-order chi connectivity index (χ0) is 15.0.